The van der Waals surface area contributed by atoms with Gasteiger partial charge < -0.3 is 15.0 Å². The second-order valence-corrected chi connectivity index (χ2v) is 12.4. The molecule has 1 atom stereocenters. The molecule has 0 saturated carbocycles. The summed E-state index contributed by atoms with van der Waals surface area (Å²) in [5, 5.41) is 3.47. The predicted molar refractivity (Wildman–Crippen MR) is 173 cm³/mol. The number of benzene rings is 4. The fraction of sp³-hybridized carbons (Fsp3) is 0.235. The zero-order valence-electron chi connectivity index (χ0n) is 24.7. The summed E-state index contributed by atoms with van der Waals surface area (Å²) in [6.07, 6.45) is 0.946. The summed E-state index contributed by atoms with van der Waals surface area (Å²) in [6.45, 7) is 1.86. The van der Waals surface area contributed by atoms with Crippen molar-refractivity contribution in [3.8, 4) is 5.75 Å². The van der Waals surface area contributed by atoms with Crippen LogP contribution in [0.2, 0.25) is 5.02 Å². The van der Waals surface area contributed by atoms with Crippen molar-refractivity contribution in [1.82, 2.24) is 10.2 Å². The number of amides is 2. The minimum atomic E-state index is -4.22. The van der Waals surface area contributed by atoms with Crippen LogP contribution in [0.3, 0.4) is 0 Å². The maximum Gasteiger partial charge on any atom is 0.264 e. The van der Waals surface area contributed by atoms with E-state index in [4.69, 9.17) is 16.3 Å². The van der Waals surface area contributed by atoms with Crippen molar-refractivity contribution < 1.29 is 22.7 Å². The third-order valence-corrected chi connectivity index (χ3v) is 9.08. The monoisotopic (exact) mass is 633 g/mol. The van der Waals surface area contributed by atoms with Crippen molar-refractivity contribution in [1.29, 1.82) is 0 Å². The van der Waals surface area contributed by atoms with E-state index in [0.29, 0.717) is 18.0 Å². The number of hydrogen-bond acceptors (Lipinski definition) is 5. The number of methoxy groups -OCH3 is 1. The molecule has 0 saturated heterocycles. The Labute approximate surface area is 264 Å². The molecule has 0 aromatic heterocycles. The Kier molecular flexibility index (Phi) is 11.4. The molecular weight excluding hydrogens is 598 g/mol. The summed E-state index contributed by atoms with van der Waals surface area (Å²) in [7, 11) is -2.79. The lowest BCUT2D eigenvalue weighted by Gasteiger charge is -2.34. The van der Waals surface area contributed by atoms with Gasteiger partial charge in [-0.1, -0.05) is 91.3 Å². The van der Waals surface area contributed by atoms with Crippen LogP contribution in [0.5, 0.6) is 5.75 Å². The molecule has 4 aromatic rings. The van der Waals surface area contributed by atoms with Gasteiger partial charge in [-0.05, 0) is 53.9 Å². The molecule has 0 radical (unpaired) electrons. The molecule has 2 amide bonds. The summed E-state index contributed by atoms with van der Waals surface area (Å²) < 4.78 is 34.7. The van der Waals surface area contributed by atoms with Gasteiger partial charge in [0, 0.05) is 24.5 Å². The molecule has 1 N–H and O–H groups in total. The molecule has 8 nitrogen and oxygen atoms in total. The van der Waals surface area contributed by atoms with Crippen LogP contribution in [0.15, 0.2) is 114 Å². The lowest BCUT2D eigenvalue weighted by atomic mass is 10.0. The first-order valence-corrected chi connectivity index (χ1v) is 16.1. The van der Waals surface area contributed by atoms with Crippen LogP contribution in [-0.4, -0.2) is 51.4 Å². The summed E-state index contributed by atoms with van der Waals surface area (Å²) in [5.74, 6) is -0.601. The predicted octanol–water partition coefficient (Wildman–Crippen LogP) is 5.71. The number of halogens is 1. The first-order valence-electron chi connectivity index (χ1n) is 14.3. The van der Waals surface area contributed by atoms with E-state index >= 15 is 0 Å². The highest BCUT2D eigenvalue weighted by molar-refractivity contribution is 7.92. The molecule has 230 valence electrons. The van der Waals surface area contributed by atoms with Crippen molar-refractivity contribution in [3.05, 3.63) is 125 Å². The zero-order valence-corrected chi connectivity index (χ0v) is 26.3. The van der Waals surface area contributed by atoms with Crippen molar-refractivity contribution in [3.63, 3.8) is 0 Å². The highest BCUT2D eigenvalue weighted by atomic mass is 35.5. The largest absolute Gasteiger partial charge is 0.495 e. The zero-order chi connectivity index (χ0) is 31.5. The number of sulfonamides is 1. The second-order valence-electron chi connectivity index (χ2n) is 10.1. The number of carbonyl (C=O) groups excluding carboxylic acids is 2. The average Bonchev–Trinajstić information content (AvgIpc) is 3.05. The van der Waals surface area contributed by atoms with Gasteiger partial charge in [0.2, 0.25) is 11.8 Å². The number of anilines is 1. The van der Waals surface area contributed by atoms with Gasteiger partial charge in [-0.3, -0.25) is 13.9 Å². The Hall–Kier alpha value is -4.34. The van der Waals surface area contributed by atoms with Crippen molar-refractivity contribution in [2.45, 2.75) is 37.2 Å². The maximum atomic E-state index is 14.5. The molecule has 0 bridgehead atoms. The number of ether oxygens (including phenoxy) is 1. The number of rotatable bonds is 14. The molecule has 0 aliphatic carbocycles. The Balaban J connectivity index is 1.81. The maximum absolute atomic E-state index is 14.5. The minimum absolute atomic E-state index is 0.0180. The molecular formula is C34H36ClN3O5S. The lowest BCUT2D eigenvalue weighted by Crippen LogP contribution is -2.53. The van der Waals surface area contributed by atoms with Gasteiger partial charge in [-0.15, -0.1) is 0 Å². The fourth-order valence-electron chi connectivity index (χ4n) is 4.78. The van der Waals surface area contributed by atoms with Crippen LogP contribution < -0.4 is 14.4 Å². The van der Waals surface area contributed by atoms with Crippen molar-refractivity contribution in [2.24, 2.45) is 0 Å². The summed E-state index contributed by atoms with van der Waals surface area (Å²) in [4.78, 5) is 29.6. The molecule has 0 spiro atoms. The van der Waals surface area contributed by atoms with Crippen molar-refractivity contribution in [2.75, 3.05) is 24.5 Å². The Bertz CT molecular complexity index is 1630. The van der Waals surface area contributed by atoms with Crippen LogP contribution in [-0.2, 0) is 32.6 Å². The van der Waals surface area contributed by atoms with Gasteiger partial charge in [-0.25, -0.2) is 8.42 Å². The van der Waals surface area contributed by atoms with E-state index < -0.39 is 28.5 Å². The fourth-order valence-corrected chi connectivity index (χ4v) is 6.35. The van der Waals surface area contributed by atoms with Gasteiger partial charge in [0.05, 0.1) is 17.7 Å². The Morgan fingerprint density at radius 2 is 1.45 bits per heavy atom. The van der Waals surface area contributed by atoms with E-state index in [0.717, 1.165) is 15.4 Å². The highest BCUT2D eigenvalue weighted by Crippen LogP contribution is 2.32. The van der Waals surface area contributed by atoms with Crippen molar-refractivity contribution >= 4 is 39.1 Å². The number of hydrogen-bond donors (Lipinski definition) is 1. The first-order chi connectivity index (χ1) is 21.2. The molecule has 4 aromatic carbocycles. The lowest BCUT2D eigenvalue weighted by molar-refractivity contribution is -0.140. The third-order valence-electron chi connectivity index (χ3n) is 7.05. The highest BCUT2D eigenvalue weighted by Gasteiger charge is 2.35. The Morgan fingerprint density at radius 3 is 2.09 bits per heavy atom. The van der Waals surface area contributed by atoms with E-state index in [1.54, 1.807) is 66.7 Å². The van der Waals surface area contributed by atoms with Gasteiger partial charge in [0.25, 0.3) is 10.0 Å². The molecule has 10 heteroatoms. The molecule has 0 unspecified atom stereocenters. The van der Waals surface area contributed by atoms with Gasteiger partial charge in [0.15, 0.2) is 0 Å². The number of nitrogens with one attached hydrogen (secondary N) is 1. The number of carbonyl (C=O) groups is 2. The molecule has 0 aliphatic rings. The van der Waals surface area contributed by atoms with Crippen LogP contribution in [0.25, 0.3) is 0 Å². The number of para-hydroxylation sites is 2. The van der Waals surface area contributed by atoms with Crippen LogP contribution in [0.4, 0.5) is 5.69 Å². The van der Waals surface area contributed by atoms with Crippen LogP contribution in [0, 0.1) is 0 Å². The summed E-state index contributed by atoms with van der Waals surface area (Å²) >= 11 is 6.13. The summed E-state index contributed by atoms with van der Waals surface area (Å²) in [6, 6.07) is 30.0. The smallest absolute Gasteiger partial charge is 0.264 e. The number of nitrogens with zero attached hydrogens (tertiary/aromatic N) is 2. The molecule has 4 rings (SSSR count). The van der Waals surface area contributed by atoms with Crippen LogP contribution >= 0.6 is 11.6 Å². The van der Waals surface area contributed by atoms with E-state index in [2.05, 4.69) is 5.32 Å². The SMILES string of the molecule is CCCNC(=O)[C@H](Cc1ccccc1)N(Cc1ccc(Cl)cc1)C(=O)CN(c1ccccc1OC)S(=O)(=O)c1ccccc1. The van der Waals surface area contributed by atoms with Crippen LogP contribution in [0.1, 0.15) is 24.5 Å². The first kappa shape index (κ1) is 32.6. The topological polar surface area (TPSA) is 96.0 Å². The van der Waals surface area contributed by atoms with Gasteiger partial charge >= 0.3 is 0 Å². The molecule has 44 heavy (non-hydrogen) atoms. The third kappa shape index (κ3) is 8.18. The quantitative estimate of drug-likeness (QED) is 0.192. The normalized spacial score (nSPS) is 11.8. The second kappa shape index (κ2) is 15.4. The van der Waals surface area contributed by atoms with E-state index in [9.17, 15) is 18.0 Å². The molecule has 0 heterocycles. The average molecular weight is 634 g/mol. The van der Waals surface area contributed by atoms with E-state index in [1.807, 2.05) is 37.3 Å². The minimum Gasteiger partial charge on any atom is -0.495 e. The Morgan fingerprint density at radius 1 is 0.841 bits per heavy atom. The van der Waals surface area contributed by atoms with E-state index in [1.165, 1.54) is 24.1 Å². The molecule has 0 fully saturated rings. The standard InChI is InChI=1S/C34H36ClN3O5S/c1-3-22-36-34(40)31(23-26-12-6-4-7-13-26)37(24-27-18-20-28(35)21-19-27)33(39)25-38(30-16-10-11-17-32(30)43-2)44(41,42)29-14-8-5-9-15-29/h4-21,31H,3,22-25H2,1-2H3,(H,36,40)/t31-/m0/s1. The summed E-state index contributed by atoms with van der Waals surface area (Å²) in [5.41, 5.74) is 1.80. The van der Waals surface area contributed by atoms with E-state index in [-0.39, 0.29) is 35.2 Å². The molecule has 0 aliphatic heterocycles. The van der Waals surface area contributed by atoms with Gasteiger partial charge in [0.1, 0.15) is 18.3 Å². The van der Waals surface area contributed by atoms with Gasteiger partial charge in [-0.2, -0.15) is 0 Å².